The molecule has 0 amide bonds. The fourth-order valence-electron chi connectivity index (χ4n) is 3.79. The number of anilines is 1. The van der Waals surface area contributed by atoms with Crippen LogP contribution in [0.3, 0.4) is 0 Å². The number of hydrogen-bond acceptors (Lipinski definition) is 11. The number of esters is 1. The Morgan fingerprint density at radius 2 is 2.15 bits per heavy atom. The third-order valence-electron chi connectivity index (χ3n) is 5.43. The maximum absolute atomic E-state index is 11.0. The van der Waals surface area contributed by atoms with E-state index in [1.54, 1.807) is 4.57 Å². The Bertz CT molecular complexity index is 1170. The molecule has 5 atom stereocenters. The van der Waals surface area contributed by atoms with Crippen LogP contribution in [-0.4, -0.2) is 69.9 Å². The number of hydrogen-bond donors (Lipinski definition) is 2. The van der Waals surface area contributed by atoms with Gasteiger partial charge in [-0.3, -0.25) is 9.36 Å². The summed E-state index contributed by atoms with van der Waals surface area (Å²) < 4.78 is 28.9. The molecule has 2 fully saturated rings. The normalized spacial score (nSPS) is 28.5. The van der Waals surface area contributed by atoms with Gasteiger partial charge in [0.1, 0.15) is 25.1 Å². The number of nitrogens with zero attached hydrogens (tertiary/aromatic N) is 4. The second kappa shape index (κ2) is 9.53. The van der Waals surface area contributed by atoms with E-state index < -0.39 is 45.1 Å². The average Bonchev–Trinajstić information content (AvgIpc) is 3.39. The smallest absolute Gasteiger partial charge is 0.434 e. The van der Waals surface area contributed by atoms with Crippen molar-refractivity contribution in [3.8, 4) is 0 Å². The minimum atomic E-state index is -3.30. The van der Waals surface area contributed by atoms with Crippen LogP contribution >= 0.6 is 7.82 Å². The minimum Gasteiger partial charge on any atom is -0.434 e. The summed E-state index contributed by atoms with van der Waals surface area (Å²) in [5.41, 5.74) is 2.11. The van der Waals surface area contributed by atoms with E-state index >= 15 is 0 Å². The Hall–Kier alpha value is -2.67. The second-order valence-corrected chi connectivity index (χ2v) is 9.54. The lowest BCUT2D eigenvalue weighted by Gasteiger charge is -2.30. The zero-order valence-electron chi connectivity index (χ0n) is 18.2. The molecule has 1 aromatic carbocycles. The van der Waals surface area contributed by atoms with Crippen molar-refractivity contribution in [2.75, 3.05) is 18.7 Å². The van der Waals surface area contributed by atoms with Crippen molar-refractivity contribution in [2.24, 2.45) is 0 Å². The van der Waals surface area contributed by atoms with E-state index in [0.717, 1.165) is 5.56 Å². The van der Waals surface area contributed by atoms with Gasteiger partial charge in [0.15, 0.2) is 29.3 Å². The van der Waals surface area contributed by atoms with Crippen molar-refractivity contribution in [3.05, 3.63) is 48.5 Å². The quantitative estimate of drug-likeness (QED) is 0.217. The zero-order valence-corrected chi connectivity index (χ0v) is 19.1. The van der Waals surface area contributed by atoms with Crippen molar-refractivity contribution < 1.29 is 32.9 Å². The third kappa shape index (κ3) is 4.63. The topological polar surface area (TPSA) is 139 Å². The molecule has 2 aliphatic heterocycles. The van der Waals surface area contributed by atoms with Crippen LogP contribution in [0, 0.1) is 0 Å². The summed E-state index contributed by atoms with van der Waals surface area (Å²) >= 11 is 0. The number of ether oxygens (including phenoxy) is 2. The van der Waals surface area contributed by atoms with Gasteiger partial charge in [0.2, 0.25) is 6.79 Å². The maximum atomic E-state index is 11.0. The largest absolute Gasteiger partial charge is 0.488 e. The molecule has 0 spiro atoms. The molecule has 0 aliphatic carbocycles. The van der Waals surface area contributed by atoms with Crippen LogP contribution in [-0.2, 0) is 34.4 Å². The van der Waals surface area contributed by atoms with Crippen LogP contribution in [0.15, 0.2) is 43.0 Å². The summed E-state index contributed by atoms with van der Waals surface area (Å²) in [6, 6.07) is 9.89. The molecule has 0 bridgehead atoms. The highest BCUT2D eigenvalue weighted by molar-refractivity contribution is 7.85. The van der Waals surface area contributed by atoms with Crippen molar-refractivity contribution in [1.29, 1.82) is 0 Å². The summed E-state index contributed by atoms with van der Waals surface area (Å²) in [5, 5.41) is 14.3. The maximum Gasteiger partial charge on any atom is 0.488 e. The molecule has 2 unspecified atom stereocenters. The number of carbonyl (C=O) groups is 1. The van der Waals surface area contributed by atoms with Crippen LogP contribution in [0.25, 0.3) is 11.2 Å². The molecule has 14 heteroatoms. The van der Waals surface area contributed by atoms with E-state index in [1.807, 2.05) is 30.3 Å². The Balaban J connectivity index is 1.31. The fraction of sp³-hybridized carbons (Fsp3) is 0.400. The summed E-state index contributed by atoms with van der Waals surface area (Å²) in [6.45, 7) is 1.42. The predicted molar refractivity (Wildman–Crippen MR) is 120 cm³/mol. The van der Waals surface area contributed by atoms with Crippen LogP contribution in [0.5, 0.6) is 0 Å². The molecule has 2 N–H and O–H groups in total. The van der Waals surface area contributed by atoms with Crippen molar-refractivity contribution in [3.63, 3.8) is 0 Å². The van der Waals surface area contributed by atoms with Gasteiger partial charge in [-0.25, -0.2) is 15.0 Å². The van der Waals surface area contributed by atoms with E-state index in [2.05, 4.69) is 20.3 Å². The number of aliphatic hydroxyl groups excluding tert-OH is 1. The molecule has 4 heterocycles. The minimum absolute atomic E-state index is 0.0358. The molecule has 2 radical (unpaired) electrons. The highest BCUT2D eigenvalue weighted by Crippen LogP contribution is 2.62. The van der Waals surface area contributed by atoms with Gasteiger partial charge >= 0.3 is 21.4 Å². The zero-order chi connectivity index (χ0) is 23.7. The van der Waals surface area contributed by atoms with E-state index in [-0.39, 0.29) is 6.61 Å². The highest BCUT2D eigenvalue weighted by atomic mass is 31.2. The molecule has 2 aromatic heterocycles. The van der Waals surface area contributed by atoms with Gasteiger partial charge in [-0.2, -0.15) is 13.6 Å². The monoisotopic (exact) mass is 486 g/mol. The summed E-state index contributed by atoms with van der Waals surface area (Å²) in [5.74, 6) is 0.0280. The Kier molecular flexibility index (Phi) is 6.47. The van der Waals surface area contributed by atoms with Crippen molar-refractivity contribution in [1.82, 2.24) is 19.5 Å². The standard InChI is InChI=1S/C20H22BN5O7P/c1-12(27)29-11-31-34(21)30-8-14-17(33-34)16(28)20(32-14)26-10-25-15-18(23-9-24-19(15)26)22-7-13-5-3-2-4-6-13/h2-6,9-10,14,16-17,20,28H,7-8,11H2,1H3,(H,22,23,24)/q+1/t14-,16?,17-,20-,34?/m1/s1. The first kappa shape index (κ1) is 23.1. The molecule has 3 aromatic rings. The van der Waals surface area contributed by atoms with Gasteiger partial charge in [0.25, 0.3) is 0 Å². The number of carbonyl (C=O) groups excluding carboxylic acids is 1. The average molecular weight is 486 g/mol. The summed E-state index contributed by atoms with van der Waals surface area (Å²) in [6.07, 6.45) is -0.418. The van der Waals surface area contributed by atoms with Crippen LogP contribution in [0.4, 0.5) is 5.82 Å². The molecule has 34 heavy (non-hydrogen) atoms. The number of benzene rings is 1. The highest BCUT2D eigenvalue weighted by Gasteiger charge is 2.58. The first-order valence-corrected chi connectivity index (χ1v) is 12.1. The third-order valence-corrected chi connectivity index (χ3v) is 6.94. The number of fused-ring (bicyclic) bond motifs is 2. The molecule has 2 saturated heterocycles. The van der Waals surface area contributed by atoms with Gasteiger partial charge in [-0.05, 0) is 5.56 Å². The number of nitrogens with one attached hydrogen (secondary N) is 1. The lowest BCUT2D eigenvalue weighted by molar-refractivity contribution is -0.149. The fourth-order valence-corrected chi connectivity index (χ4v) is 5.14. The van der Waals surface area contributed by atoms with Crippen LogP contribution in [0.1, 0.15) is 18.7 Å². The van der Waals surface area contributed by atoms with E-state index in [4.69, 9.17) is 30.6 Å². The lowest BCUT2D eigenvalue weighted by Crippen LogP contribution is -2.41. The van der Waals surface area contributed by atoms with Crippen LogP contribution in [0.2, 0.25) is 0 Å². The number of aromatic nitrogens is 4. The summed E-state index contributed by atoms with van der Waals surface area (Å²) in [7, 11) is 2.76. The number of aliphatic hydroxyl groups is 1. The molecule has 2 aliphatic rings. The van der Waals surface area contributed by atoms with Gasteiger partial charge in [0.05, 0.1) is 6.33 Å². The molecule has 5 rings (SSSR count). The first-order chi connectivity index (χ1) is 16.4. The van der Waals surface area contributed by atoms with E-state index in [0.29, 0.717) is 23.5 Å². The predicted octanol–water partition coefficient (Wildman–Crippen LogP) is 1.50. The lowest BCUT2D eigenvalue weighted by atomic mass is 10.1. The van der Waals surface area contributed by atoms with Gasteiger partial charge in [0, 0.05) is 13.5 Å². The van der Waals surface area contributed by atoms with Gasteiger partial charge in [-0.15, -0.1) is 0 Å². The number of imidazole rings is 1. The van der Waals surface area contributed by atoms with Gasteiger partial charge in [-0.1, -0.05) is 30.3 Å². The first-order valence-electron chi connectivity index (χ1n) is 10.5. The Morgan fingerprint density at radius 3 is 2.94 bits per heavy atom. The summed E-state index contributed by atoms with van der Waals surface area (Å²) in [4.78, 5) is 24.0. The number of rotatable bonds is 7. The molecular weight excluding hydrogens is 464 g/mol. The van der Waals surface area contributed by atoms with E-state index in [9.17, 15) is 9.90 Å². The van der Waals surface area contributed by atoms with Crippen LogP contribution < -0.4 is 5.32 Å². The Labute approximate surface area is 196 Å². The second-order valence-electron chi connectivity index (χ2n) is 7.73. The van der Waals surface area contributed by atoms with E-state index in [1.165, 1.54) is 19.6 Å². The molecule has 176 valence electrons. The Morgan fingerprint density at radius 1 is 1.32 bits per heavy atom. The molecule has 0 saturated carbocycles. The SMILES string of the molecule is [B][P+]1(OCOC(C)=O)OC[C@H]2O[C@@H](n3cnc4c(NCc5ccccc5)ncnc43)C(O)[C@@H]2O1. The molecule has 12 nitrogen and oxygen atoms in total. The van der Waals surface area contributed by atoms with Crippen molar-refractivity contribution in [2.45, 2.75) is 38.0 Å². The molecular formula is C20H22BN5O7P+. The van der Waals surface area contributed by atoms with Crippen molar-refractivity contribution >= 4 is 38.3 Å². The van der Waals surface area contributed by atoms with Gasteiger partial charge < -0.3 is 19.9 Å².